The van der Waals surface area contributed by atoms with Crippen molar-refractivity contribution in [2.24, 2.45) is 5.41 Å². The molecule has 0 aromatic heterocycles. The van der Waals surface area contributed by atoms with Gasteiger partial charge >= 0.3 is 5.97 Å². The van der Waals surface area contributed by atoms with Gasteiger partial charge in [-0.2, -0.15) is 0 Å². The third-order valence-corrected chi connectivity index (χ3v) is 3.18. The SMILES string of the molecule is CCC(CC)(CCCOCCOC)C(=O)O. The molecule has 0 aliphatic rings. The third kappa shape index (κ3) is 4.94. The maximum Gasteiger partial charge on any atom is 0.309 e. The van der Waals surface area contributed by atoms with E-state index in [0.29, 0.717) is 39.1 Å². The van der Waals surface area contributed by atoms with Crippen LogP contribution in [0.5, 0.6) is 0 Å². The Bertz CT molecular complexity index is 187. The van der Waals surface area contributed by atoms with Gasteiger partial charge in [0.1, 0.15) is 0 Å². The zero-order chi connectivity index (χ0) is 12.4. The second-order valence-corrected chi connectivity index (χ2v) is 4.00. The summed E-state index contributed by atoms with van der Waals surface area (Å²) in [4.78, 5) is 11.2. The monoisotopic (exact) mass is 232 g/mol. The largest absolute Gasteiger partial charge is 0.481 e. The summed E-state index contributed by atoms with van der Waals surface area (Å²) in [5.74, 6) is -0.686. The molecule has 0 fully saturated rings. The number of carboxylic acid groups (broad SMARTS) is 1. The van der Waals surface area contributed by atoms with E-state index in [0.717, 1.165) is 6.42 Å². The highest BCUT2D eigenvalue weighted by molar-refractivity contribution is 5.74. The smallest absolute Gasteiger partial charge is 0.309 e. The number of aliphatic carboxylic acids is 1. The fraction of sp³-hybridized carbons (Fsp3) is 0.917. The van der Waals surface area contributed by atoms with E-state index in [1.165, 1.54) is 0 Å². The Labute approximate surface area is 97.9 Å². The van der Waals surface area contributed by atoms with Crippen LogP contribution in [0.4, 0.5) is 0 Å². The Morgan fingerprint density at radius 3 is 2.25 bits per heavy atom. The fourth-order valence-corrected chi connectivity index (χ4v) is 1.77. The van der Waals surface area contributed by atoms with Crippen LogP contribution in [0.2, 0.25) is 0 Å². The van der Waals surface area contributed by atoms with Gasteiger partial charge in [-0.3, -0.25) is 4.79 Å². The lowest BCUT2D eigenvalue weighted by molar-refractivity contribution is -0.150. The van der Waals surface area contributed by atoms with Gasteiger partial charge in [-0.05, 0) is 25.7 Å². The second-order valence-electron chi connectivity index (χ2n) is 4.00. The van der Waals surface area contributed by atoms with E-state index in [2.05, 4.69) is 0 Å². The van der Waals surface area contributed by atoms with E-state index >= 15 is 0 Å². The van der Waals surface area contributed by atoms with Crippen molar-refractivity contribution in [3.8, 4) is 0 Å². The van der Waals surface area contributed by atoms with Gasteiger partial charge in [0.2, 0.25) is 0 Å². The molecule has 0 atom stereocenters. The molecule has 4 nitrogen and oxygen atoms in total. The average molecular weight is 232 g/mol. The molecule has 0 saturated carbocycles. The predicted octanol–water partition coefficient (Wildman–Crippen LogP) is 2.32. The summed E-state index contributed by atoms with van der Waals surface area (Å²) in [5.41, 5.74) is -0.565. The summed E-state index contributed by atoms with van der Waals surface area (Å²) in [6, 6.07) is 0. The van der Waals surface area contributed by atoms with E-state index in [9.17, 15) is 9.90 Å². The van der Waals surface area contributed by atoms with Crippen LogP contribution in [0.25, 0.3) is 0 Å². The highest BCUT2D eigenvalue weighted by Crippen LogP contribution is 2.32. The van der Waals surface area contributed by atoms with E-state index < -0.39 is 11.4 Å². The summed E-state index contributed by atoms with van der Waals surface area (Å²) in [7, 11) is 1.63. The van der Waals surface area contributed by atoms with Gasteiger partial charge in [0.25, 0.3) is 0 Å². The van der Waals surface area contributed by atoms with Gasteiger partial charge in [-0.15, -0.1) is 0 Å². The summed E-state index contributed by atoms with van der Waals surface area (Å²) in [5, 5.41) is 9.20. The van der Waals surface area contributed by atoms with Crippen molar-refractivity contribution < 1.29 is 19.4 Å². The van der Waals surface area contributed by atoms with Crippen LogP contribution in [-0.4, -0.2) is 38.0 Å². The van der Waals surface area contributed by atoms with Gasteiger partial charge in [0, 0.05) is 13.7 Å². The minimum absolute atomic E-state index is 0.565. The Morgan fingerprint density at radius 1 is 1.19 bits per heavy atom. The number of rotatable bonds is 10. The van der Waals surface area contributed by atoms with Gasteiger partial charge in [0.15, 0.2) is 0 Å². The van der Waals surface area contributed by atoms with Gasteiger partial charge in [0.05, 0.1) is 18.6 Å². The van der Waals surface area contributed by atoms with E-state index in [1.54, 1.807) is 7.11 Å². The van der Waals surface area contributed by atoms with Gasteiger partial charge in [-0.1, -0.05) is 13.8 Å². The number of ether oxygens (including phenoxy) is 2. The normalized spacial score (nSPS) is 11.7. The van der Waals surface area contributed by atoms with Crippen LogP contribution in [-0.2, 0) is 14.3 Å². The molecule has 0 spiro atoms. The maximum absolute atomic E-state index is 11.2. The Hall–Kier alpha value is -0.610. The first-order valence-corrected chi connectivity index (χ1v) is 5.93. The molecule has 0 heterocycles. The van der Waals surface area contributed by atoms with Crippen molar-refractivity contribution >= 4 is 5.97 Å². The van der Waals surface area contributed by atoms with Crippen LogP contribution in [0.1, 0.15) is 39.5 Å². The van der Waals surface area contributed by atoms with Crippen molar-refractivity contribution in [3.05, 3.63) is 0 Å². The predicted molar refractivity (Wildman–Crippen MR) is 62.6 cm³/mol. The molecular formula is C12H24O4. The molecule has 0 unspecified atom stereocenters. The molecule has 4 heteroatoms. The number of carbonyl (C=O) groups is 1. The highest BCUT2D eigenvalue weighted by Gasteiger charge is 2.33. The van der Waals surface area contributed by atoms with Crippen LogP contribution in [0, 0.1) is 5.41 Å². The minimum atomic E-state index is -0.686. The average Bonchev–Trinajstić information content (AvgIpc) is 2.28. The molecule has 0 aliphatic heterocycles. The third-order valence-electron chi connectivity index (χ3n) is 3.18. The Kier molecular flexibility index (Phi) is 8.21. The van der Waals surface area contributed by atoms with E-state index in [4.69, 9.17) is 9.47 Å². The molecule has 0 amide bonds. The lowest BCUT2D eigenvalue weighted by Gasteiger charge is -2.26. The van der Waals surface area contributed by atoms with E-state index in [1.807, 2.05) is 13.8 Å². The molecule has 96 valence electrons. The van der Waals surface area contributed by atoms with Crippen molar-refractivity contribution in [2.75, 3.05) is 26.9 Å². The Balaban J connectivity index is 3.81. The van der Waals surface area contributed by atoms with Gasteiger partial charge < -0.3 is 14.6 Å². The van der Waals surface area contributed by atoms with Crippen LogP contribution in [0.3, 0.4) is 0 Å². The standard InChI is InChI=1S/C12H24O4/c1-4-12(5-2,11(13)14)7-6-8-16-10-9-15-3/h4-10H2,1-3H3,(H,13,14). The number of carboxylic acids is 1. The molecule has 16 heavy (non-hydrogen) atoms. The van der Waals surface area contributed by atoms with Gasteiger partial charge in [-0.25, -0.2) is 0 Å². The zero-order valence-electron chi connectivity index (χ0n) is 10.6. The van der Waals surface area contributed by atoms with Crippen LogP contribution < -0.4 is 0 Å². The molecule has 0 rings (SSSR count). The first kappa shape index (κ1) is 15.4. The minimum Gasteiger partial charge on any atom is -0.481 e. The van der Waals surface area contributed by atoms with Crippen molar-refractivity contribution in [1.82, 2.24) is 0 Å². The van der Waals surface area contributed by atoms with Crippen LogP contribution in [0.15, 0.2) is 0 Å². The lowest BCUT2D eigenvalue weighted by Crippen LogP contribution is -2.30. The molecule has 0 radical (unpaired) electrons. The number of methoxy groups -OCH3 is 1. The molecular weight excluding hydrogens is 208 g/mol. The Morgan fingerprint density at radius 2 is 1.81 bits per heavy atom. The van der Waals surface area contributed by atoms with Crippen molar-refractivity contribution in [1.29, 1.82) is 0 Å². The first-order chi connectivity index (χ1) is 7.63. The van der Waals surface area contributed by atoms with Crippen molar-refractivity contribution in [2.45, 2.75) is 39.5 Å². The fourth-order valence-electron chi connectivity index (χ4n) is 1.77. The second kappa shape index (κ2) is 8.53. The summed E-state index contributed by atoms with van der Waals surface area (Å²) < 4.78 is 10.2. The first-order valence-electron chi connectivity index (χ1n) is 5.93. The molecule has 0 aromatic carbocycles. The summed E-state index contributed by atoms with van der Waals surface area (Å²) >= 11 is 0. The molecule has 0 aromatic rings. The molecule has 0 saturated heterocycles. The quantitative estimate of drug-likeness (QED) is 0.587. The highest BCUT2D eigenvalue weighted by atomic mass is 16.5. The number of hydrogen-bond donors (Lipinski definition) is 1. The molecule has 0 bridgehead atoms. The summed E-state index contributed by atoms with van der Waals surface area (Å²) in [6.45, 7) is 5.64. The maximum atomic E-state index is 11.2. The number of hydrogen-bond acceptors (Lipinski definition) is 3. The van der Waals surface area contributed by atoms with Crippen LogP contribution >= 0.6 is 0 Å². The molecule has 1 N–H and O–H groups in total. The van der Waals surface area contributed by atoms with Crippen molar-refractivity contribution in [3.63, 3.8) is 0 Å². The molecule has 0 aliphatic carbocycles. The lowest BCUT2D eigenvalue weighted by atomic mass is 9.78. The van der Waals surface area contributed by atoms with E-state index in [-0.39, 0.29) is 0 Å². The zero-order valence-corrected chi connectivity index (χ0v) is 10.6. The summed E-state index contributed by atoms with van der Waals surface area (Å²) in [6.07, 6.45) is 2.83. The topological polar surface area (TPSA) is 55.8 Å².